The van der Waals surface area contributed by atoms with Crippen LogP contribution in [0.5, 0.6) is 0 Å². The maximum absolute atomic E-state index is 14.8. The second-order valence-electron chi connectivity index (χ2n) is 17.6. The fourth-order valence-corrected chi connectivity index (χ4v) is 8.63. The molecule has 0 saturated heterocycles. The quantitative estimate of drug-likeness (QED) is 0.178. The van der Waals surface area contributed by atoms with Gasteiger partial charge in [-0.25, -0.2) is 0 Å². The molecule has 4 nitrogen and oxygen atoms in total. The van der Waals surface area contributed by atoms with Gasteiger partial charge in [-0.1, -0.05) is 108 Å². The van der Waals surface area contributed by atoms with Crippen molar-refractivity contribution in [2.75, 3.05) is 0 Å². The summed E-state index contributed by atoms with van der Waals surface area (Å²) >= 11 is 0. The van der Waals surface area contributed by atoms with Gasteiger partial charge in [-0.05, 0) is 106 Å². The van der Waals surface area contributed by atoms with Crippen LogP contribution in [0.2, 0.25) is 0 Å². The Bertz CT molecular complexity index is 3300. The van der Waals surface area contributed by atoms with Gasteiger partial charge in [0, 0.05) is 32.7 Å². The van der Waals surface area contributed by atoms with Gasteiger partial charge in [-0.3, -0.25) is 0 Å². The highest BCUT2D eigenvalue weighted by molar-refractivity contribution is 6.12. The lowest BCUT2D eigenvalue weighted by molar-refractivity contribution is -0.137. The number of alkyl halides is 3. The largest absolute Gasteiger partial charge is 0.417 e. The van der Waals surface area contributed by atoms with Gasteiger partial charge in [0.15, 0.2) is 0 Å². The van der Waals surface area contributed by atoms with Crippen molar-refractivity contribution in [3.63, 3.8) is 0 Å². The van der Waals surface area contributed by atoms with Crippen LogP contribution < -0.4 is 0 Å². The molecule has 0 aliphatic heterocycles. The van der Waals surface area contributed by atoms with Crippen molar-refractivity contribution in [3.8, 4) is 45.8 Å². The minimum atomic E-state index is -4.72. The zero-order valence-corrected chi connectivity index (χ0v) is 34.2. The SMILES string of the molecule is CC(C)(C)c1ccc2c(c1)c1ccccc1n2-c1ccc(-c2ccc(C#N)cc2C(F)(F)F)cc1-c1ccc(C#N)cc1-n1c2ccccc2c2cc(C(C)(C)C)ccc21. The van der Waals surface area contributed by atoms with E-state index in [1.807, 2.05) is 54.6 Å². The molecule has 2 aromatic heterocycles. The van der Waals surface area contributed by atoms with Crippen LogP contribution in [0.3, 0.4) is 0 Å². The molecule has 2 heterocycles. The standard InChI is InChI=1S/C53H41F3N4/c1-51(2,3)35-18-23-48-42(28-35)38-11-7-9-13-45(38)59(48)47-22-17-34(37-20-15-32(30-57)25-44(37)53(54,55)56)27-41(47)40-21-16-33(31-58)26-50(40)60-46-14-10-8-12-39(46)43-29-36(52(4,5)6)19-24-49(43)60/h7-29H,1-6H3. The first-order valence-corrected chi connectivity index (χ1v) is 20.0. The van der Waals surface area contributed by atoms with Gasteiger partial charge in [0.05, 0.1) is 62.3 Å². The monoisotopic (exact) mass is 790 g/mol. The van der Waals surface area contributed by atoms with Crippen molar-refractivity contribution in [3.05, 3.63) is 167 Å². The lowest BCUT2D eigenvalue weighted by atomic mass is 9.86. The van der Waals surface area contributed by atoms with Crippen molar-refractivity contribution in [2.45, 2.75) is 58.5 Å². The van der Waals surface area contributed by atoms with E-state index in [9.17, 15) is 23.7 Å². The summed E-state index contributed by atoms with van der Waals surface area (Å²) in [6.45, 7) is 13.1. The maximum atomic E-state index is 14.8. The third-order valence-corrected chi connectivity index (χ3v) is 11.7. The second-order valence-corrected chi connectivity index (χ2v) is 17.6. The highest BCUT2D eigenvalue weighted by Gasteiger charge is 2.34. The van der Waals surface area contributed by atoms with Gasteiger partial charge in [-0.15, -0.1) is 0 Å². The molecule has 9 rings (SSSR count). The number of rotatable bonds is 4. The molecular weight excluding hydrogens is 750 g/mol. The van der Waals surface area contributed by atoms with E-state index >= 15 is 0 Å². The molecule has 0 N–H and O–H groups in total. The smallest absolute Gasteiger partial charge is 0.309 e. The molecule has 7 aromatic carbocycles. The molecule has 0 amide bonds. The summed E-state index contributed by atoms with van der Waals surface area (Å²) in [4.78, 5) is 0. The van der Waals surface area contributed by atoms with Crippen molar-refractivity contribution in [1.29, 1.82) is 10.5 Å². The summed E-state index contributed by atoms with van der Waals surface area (Å²) < 4.78 is 48.9. The van der Waals surface area contributed by atoms with E-state index in [0.29, 0.717) is 22.4 Å². The predicted octanol–water partition coefficient (Wildman–Crippen LogP) is 14.6. The predicted molar refractivity (Wildman–Crippen MR) is 238 cm³/mol. The Hall–Kier alpha value is -7.09. The zero-order chi connectivity index (χ0) is 42.3. The van der Waals surface area contributed by atoms with Crippen molar-refractivity contribution < 1.29 is 13.2 Å². The van der Waals surface area contributed by atoms with Crippen LogP contribution in [-0.2, 0) is 17.0 Å². The number of nitriles is 2. The van der Waals surface area contributed by atoms with Crippen LogP contribution in [0, 0.1) is 22.7 Å². The number of hydrogen-bond acceptors (Lipinski definition) is 2. The number of nitrogens with zero attached hydrogens (tertiary/aromatic N) is 4. The molecule has 0 atom stereocenters. The molecule has 294 valence electrons. The normalized spacial score (nSPS) is 12.4. The number of para-hydroxylation sites is 2. The van der Waals surface area contributed by atoms with Gasteiger partial charge < -0.3 is 9.13 Å². The third kappa shape index (κ3) is 6.30. The number of halogens is 3. The molecule has 0 fully saturated rings. The minimum absolute atomic E-state index is 0.0342. The molecule has 0 radical (unpaired) electrons. The first kappa shape index (κ1) is 38.4. The fourth-order valence-electron chi connectivity index (χ4n) is 8.63. The molecule has 0 bridgehead atoms. The van der Waals surface area contributed by atoms with E-state index in [2.05, 4.69) is 117 Å². The lowest BCUT2D eigenvalue weighted by Gasteiger charge is -2.22. The summed E-state index contributed by atoms with van der Waals surface area (Å²) in [6, 6.07) is 48.4. The average molecular weight is 791 g/mol. The Kier molecular flexibility index (Phi) is 8.81. The summed E-state index contributed by atoms with van der Waals surface area (Å²) in [5.41, 5.74) is 8.62. The van der Waals surface area contributed by atoms with Gasteiger partial charge in [-0.2, -0.15) is 23.7 Å². The Balaban J connectivity index is 1.42. The summed E-state index contributed by atoms with van der Waals surface area (Å²) in [5.74, 6) is 0. The second kappa shape index (κ2) is 13.8. The number of aromatic nitrogens is 2. The molecular formula is C53H41F3N4. The first-order chi connectivity index (χ1) is 28.6. The molecule has 0 spiro atoms. The Morgan fingerprint density at radius 3 is 1.43 bits per heavy atom. The van der Waals surface area contributed by atoms with Crippen LogP contribution in [-0.4, -0.2) is 9.13 Å². The van der Waals surface area contributed by atoms with Gasteiger partial charge in [0.2, 0.25) is 0 Å². The maximum Gasteiger partial charge on any atom is 0.417 e. The molecule has 0 unspecified atom stereocenters. The fraction of sp³-hybridized carbons (Fsp3) is 0.170. The molecule has 7 heteroatoms. The van der Waals surface area contributed by atoms with E-state index in [1.54, 1.807) is 12.1 Å². The third-order valence-electron chi connectivity index (χ3n) is 11.7. The van der Waals surface area contributed by atoms with E-state index in [0.717, 1.165) is 60.9 Å². The van der Waals surface area contributed by atoms with Gasteiger partial charge in [0.25, 0.3) is 0 Å². The van der Waals surface area contributed by atoms with Crippen LogP contribution in [0.1, 0.15) is 69.4 Å². The zero-order valence-electron chi connectivity index (χ0n) is 34.2. The first-order valence-electron chi connectivity index (χ1n) is 20.0. The van der Waals surface area contributed by atoms with Crippen LogP contribution in [0.25, 0.3) is 77.2 Å². The highest BCUT2D eigenvalue weighted by atomic mass is 19.4. The Labute approximate surface area is 347 Å². The molecule has 0 aliphatic rings. The lowest BCUT2D eigenvalue weighted by Crippen LogP contribution is -2.10. The number of fused-ring (bicyclic) bond motifs is 6. The highest BCUT2D eigenvalue weighted by Crippen LogP contribution is 2.45. The van der Waals surface area contributed by atoms with Crippen LogP contribution in [0.15, 0.2) is 140 Å². The van der Waals surface area contributed by atoms with Crippen molar-refractivity contribution >= 4 is 43.6 Å². The van der Waals surface area contributed by atoms with Gasteiger partial charge >= 0.3 is 6.18 Å². The molecule has 0 aliphatic carbocycles. The van der Waals surface area contributed by atoms with E-state index < -0.39 is 11.7 Å². The Morgan fingerprint density at radius 1 is 0.433 bits per heavy atom. The van der Waals surface area contributed by atoms with E-state index in [1.165, 1.54) is 23.3 Å². The summed E-state index contributed by atoms with van der Waals surface area (Å²) in [7, 11) is 0. The van der Waals surface area contributed by atoms with E-state index in [-0.39, 0.29) is 22.0 Å². The topological polar surface area (TPSA) is 57.4 Å². The van der Waals surface area contributed by atoms with Crippen LogP contribution in [0.4, 0.5) is 13.2 Å². The van der Waals surface area contributed by atoms with Crippen molar-refractivity contribution in [1.82, 2.24) is 9.13 Å². The molecule has 0 saturated carbocycles. The average Bonchev–Trinajstić information content (AvgIpc) is 3.74. The minimum Gasteiger partial charge on any atom is -0.309 e. The number of hydrogen-bond donors (Lipinski definition) is 0. The molecule has 60 heavy (non-hydrogen) atoms. The molecule has 9 aromatic rings. The Morgan fingerprint density at radius 2 is 0.917 bits per heavy atom. The van der Waals surface area contributed by atoms with Gasteiger partial charge in [0.1, 0.15) is 0 Å². The number of benzene rings is 7. The summed E-state index contributed by atoms with van der Waals surface area (Å²) in [6.07, 6.45) is -4.72. The van der Waals surface area contributed by atoms with Crippen LogP contribution >= 0.6 is 0 Å². The van der Waals surface area contributed by atoms with Crippen molar-refractivity contribution in [2.24, 2.45) is 0 Å². The summed E-state index contributed by atoms with van der Waals surface area (Å²) in [5, 5.41) is 24.2. The van der Waals surface area contributed by atoms with E-state index in [4.69, 9.17) is 0 Å².